The van der Waals surface area contributed by atoms with Gasteiger partial charge in [-0.05, 0) is 30.2 Å². The molecule has 0 aliphatic rings. The molecule has 0 radical (unpaired) electrons. The second kappa shape index (κ2) is 6.53. The molecule has 0 saturated heterocycles. The average Bonchev–Trinajstić information content (AvgIpc) is 2.57. The van der Waals surface area contributed by atoms with Gasteiger partial charge >= 0.3 is 0 Å². The lowest BCUT2D eigenvalue weighted by atomic mass is 10.1. The average molecular weight is 338 g/mol. The lowest BCUT2D eigenvalue weighted by molar-refractivity contribution is 0.602. The quantitative estimate of drug-likeness (QED) is 0.731. The molecule has 0 N–H and O–H groups in total. The highest BCUT2D eigenvalue weighted by atomic mass is 32.2. The smallest absolute Gasteiger partial charge is 0.175 e. The lowest BCUT2D eigenvalue weighted by Crippen LogP contribution is -2.01. The number of rotatable bonds is 4. The van der Waals surface area contributed by atoms with Gasteiger partial charge in [-0.2, -0.15) is 0 Å². The van der Waals surface area contributed by atoms with Crippen molar-refractivity contribution in [3.8, 4) is 11.4 Å². The van der Waals surface area contributed by atoms with Gasteiger partial charge in [0.15, 0.2) is 15.7 Å². The first kappa shape index (κ1) is 16.3. The fourth-order valence-corrected chi connectivity index (χ4v) is 3.06. The first-order valence-electron chi connectivity index (χ1n) is 7.60. The fraction of sp³-hybridized carbons (Fsp3) is 0.158. The number of hydrogen-bond donors (Lipinski definition) is 0. The Hall–Kier alpha value is -2.53. The van der Waals surface area contributed by atoms with Crippen LogP contribution in [-0.4, -0.2) is 24.6 Å². The van der Waals surface area contributed by atoms with Crippen LogP contribution in [0, 0.1) is 6.92 Å². The van der Waals surface area contributed by atoms with Crippen LogP contribution in [0.4, 0.5) is 0 Å². The second-order valence-corrected chi connectivity index (χ2v) is 7.80. The van der Waals surface area contributed by atoms with Gasteiger partial charge in [-0.1, -0.05) is 42.5 Å². The van der Waals surface area contributed by atoms with Crippen molar-refractivity contribution in [2.45, 2.75) is 18.2 Å². The topological polar surface area (TPSA) is 59.9 Å². The molecule has 0 aliphatic heterocycles. The van der Waals surface area contributed by atoms with E-state index in [2.05, 4.69) is 9.97 Å². The standard InChI is InChI=1S/C19H18N2O2S/c1-14-13-20-19(16-6-4-3-5-7-16)21-18(14)12-15-8-10-17(11-9-15)24(2,22)23/h3-11,13H,12H2,1-2H3. The van der Waals surface area contributed by atoms with Crippen molar-refractivity contribution in [3.05, 3.63) is 77.6 Å². The number of benzene rings is 2. The molecule has 0 aliphatic carbocycles. The van der Waals surface area contributed by atoms with Crippen LogP contribution in [0.3, 0.4) is 0 Å². The van der Waals surface area contributed by atoms with Crippen molar-refractivity contribution in [1.29, 1.82) is 0 Å². The molecular formula is C19H18N2O2S. The predicted molar refractivity (Wildman–Crippen MR) is 94.6 cm³/mol. The van der Waals surface area contributed by atoms with Gasteiger partial charge < -0.3 is 0 Å². The summed E-state index contributed by atoms with van der Waals surface area (Å²) in [6.45, 7) is 1.98. The molecule has 0 atom stereocenters. The van der Waals surface area contributed by atoms with E-state index in [9.17, 15) is 8.42 Å². The molecule has 2 aromatic carbocycles. The number of sulfone groups is 1. The van der Waals surface area contributed by atoms with E-state index in [0.29, 0.717) is 17.1 Å². The van der Waals surface area contributed by atoms with E-state index in [4.69, 9.17) is 0 Å². The molecule has 1 heterocycles. The summed E-state index contributed by atoms with van der Waals surface area (Å²) in [6, 6.07) is 16.8. The zero-order valence-corrected chi connectivity index (χ0v) is 14.4. The highest BCUT2D eigenvalue weighted by Crippen LogP contribution is 2.19. The van der Waals surface area contributed by atoms with E-state index in [1.54, 1.807) is 12.1 Å². The summed E-state index contributed by atoms with van der Waals surface area (Å²) in [4.78, 5) is 9.42. The third-order valence-corrected chi connectivity index (χ3v) is 4.96. The zero-order valence-electron chi connectivity index (χ0n) is 13.6. The SMILES string of the molecule is Cc1cnc(-c2ccccc2)nc1Cc1ccc(S(C)(=O)=O)cc1. The molecule has 0 saturated carbocycles. The van der Waals surface area contributed by atoms with Crippen LogP contribution in [0.15, 0.2) is 65.7 Å². The van der Waals surface area contributed by atoms with E-state index < -0.39 is 9.84 Å². The summed E-state index contributed by atoms with van der Waals surface area (Å²) in [5, 5.41) is 0. The number of hydrogen-bond acceptors (Lipinski definition) is 4. The normalized spacial score (nSPS) is 11.4. The van der Waals surface area contributed by atoms with E-state index in [1.807, 2.05) is 55.6 Å². The molecule has 0 amide bonds. The summed E-state index contributed by atoms with van der Waals surface area (Å²) >= 11 is 0. The minimum absolute atomic E-state index is 0.329. The van der Waals surface area contributed by atoms with Crippen LogP contribution < -0.4 is 0 Å². The van der Waals surface area contributed by atoms with Gasteiger partial charge in [-0.3, -0.25) is 0 Å². The summed E-state index contributed by atoms with van der Waals surface area (Å²) < 4.78 is 23.1. The van der Waals surface area contributed by atoms with Crippen molar-refractivity contribution >= 4 is 9.84 Å². The largest absolute Gasteiger partial charge is 0.236 e. The Morgan fingerprint density at radius 1 is 0.958 bits per heavy atom. The van der Waals surface area contributed by atoms with Crippen LogP contribution in [0.2, 0.25) is 0 Å². The van der Waals surface area contributed by atoms with Gasteiger partial charge in [0.1, 0.15) is 0 Å². The van der Waals surface area contributed by atoms with Gasteiger partial charge in [-0.15, -0.1) is 0 Å². The third-order valence-electron chi connectivity index (χ3n) is 3.83. The predicted octanol–water partition coefficient (Wildman–Crippen LogP) is 3.45. The molecule has 4 nitrogen and oxygen atoms in total. The molecule has 0 unspecified atom stereocenters. The van der Waals surface area contributed by atoms with Crippen molar-refractivity contribution < 1.29 is 8.42 Å². The minimum atomic E-state index is -3.17. The molecule has 5 heteroatoms. The van der Waals surface area contributed by atoms with Crippen molar-refractivity contribution in [3.63, 3.8) is 0 Å². The van der Waals surface area contributed by atoms with Gasteiger partial charge in [0.05, 0.1) is 10.6 Å². The van der Waals surface area contributed by atoms with Crippen molar-refractivity contribution in [1.82, 2.24) is 9.97 Å². The Labute approximate surface area is 142 Å². The Bertz CT molecular complexity index is 950. The number of nitrogens with zero attached hydrogens (tertiary/aromatic N) is 2. The summed E-state index contributed by atoms with van der Waals surface area (Å²) in [5.41, 5.74) is 3.95. The highest BCUT2D eigenvalue weighted by molar-refractivity contribution is 7.90. The highest BCUT2D eigenvalue weighted by Gasteiger charge is 2.09. The second-order valence-electron chi connectivity index (χ2n) is 5.78. The molecule has 3 aromatic rings. The van der Waals surface area contributed by atoms with Crippen molar-refractivity contribution in [2.75, 3.05) is 6.26 Å². The molecule has 122 valence electrons. The van der Waals surface area contributed by atoms with Crippen LogP contribution in [-0.2, 0) is 16.3 Å². The maximum atomic E-state index is 11.5. The van der Waals surface area contributed by atoms with Gasteiger partial charge in [0, 0.05) is 24.4 Å². The van der Waals surface area contributed by atoms with Crippen LogP contribution in [0.1, 0.15) is 16.8 Å². The summed E-state index contributed by atoms with van der Waals surface area (Å²) in [7, 11) is -3.17. The van der Waals surface area contributed by atoms with Gasteiger partial charge in [-0.25, -0.2) is 18.4 Å². The first-order chi connectivity index (χ1) is 11.4. The van der Waals surface area contributed by atoms with Crippen LogP contribution in [0.25, 0.3) is 11.4 Å². The Kier molecular flexibility index (Phi) is 4.44. The summed E-state index contributed by atoms with van der Waals surface area (Å²) in [6.07, 6.45) is 3.68. The number of aryl methyl sites for hydroxylation is 1. The van der Waals surface area contributed by atoms with Gasteiger partial charge in [0.25, 0.3) is 0 Å². The molecular weight excluding hydrogens is 320 g/mol. The molecule has 24 heavy (non-hydrogen) atoms. The fourth-order valence-electron chi connectivity index (χ4n) is 2.43. The number of aromatic nitrogens is 2. The maximum absolute atomic E-state index is 11.5. The van der Waals surface area contributed by atoms with E-state index in [0.717, 1.165) is 22.4 Å². The molecule has 0 spiro atoms. The minimum Gasteiger partial charge on any atom is -0.236 e. The van der Waals surface area contributed by atoms with E-state index in [-0.39, 0.29) is 0 Å². The molecule has 1 aromatic heterocycles. The molecule has 3 rings (SSSR count). The summed E-state index contributed by atoms with van der Waals surface area (Å²) in [5.74, 6) is 0.698. The Morgan fingerprint density at radius 2 is 1.62 bits per heavy atom. The molecule has 0 bridgehead atoms. The zero-order chi connectivity index (χ0) is 17.2. The van der Waals surface area contributed by atoms with E-state index >= 15 is 0 Å². The first-order valence-corrected chi connectivity index (χ1v) is 9.49. The molecule has 0 fully saturated rings. The Morgan fingerprint density at radius 3 is 2.25 bits per heavy atom. The monoisotopic (exact) mass is 338 g/mol. The van der Waals surface area contributed by atoms with E-state index in [1.165, 1.54) is 6.26 Å². The van der Waals surface area contributed by atoms with Crippen molar-refractivity contribution in [2.24, 2.45) is 0 Å². The van der Waals surface area contributed by atoms with Crippen LogP contribution in [0.5, 0.6) is 0 Å². The van der Waals surface area contributed by atoms with Crippen LogP contribution >= 0.6 is 0 Å². The Balaban J connectivity index is 1.90. The lowest BCUT2D eigenvalue weighted by Gasteiger charge is -2.08. The third kappa shape index (κ3) is 3.68. The maximum Gasteiger partial charge on any atom is 0.175 e. The van der Waals surface area contributed by atoms with Gasteiger partial charge in [0.2, 0.25) is 0 Å².